The zero-order valence-corrected chi connectivity index (χ0v) is 16.6. The third-order valence-corrected chi connectivity index (χ3v) is 4.50. The molecule has 0 aliphatic rings. The minimum atomic E-state index is -0.561. The fourth-order valence-electron chi connectivity index (χ4n) is 2.57. The molecule has 1 heterocycles. The predicted molar refractivity (Wildman–Crippen MR) is 109 cm³/mol. The van der Waals surface area contributed by atoms with Gasteiger partial charge in [0, 0.05) is 22.6 Å². The summed E-state index contributed by atoms with van der Waals surface area (Å²) in [5.41, 5.74) is 0.848. The molecule has 0 fully saturated rings. The van der Waals surface area contributed by atoms with Crippen molar-refractivity contribution in [2.24, 2.45) is 0 Å². The van der Waals surface area contributed by atoms with Crippen LogP contribution in [0.15, 0.2) is 65.3 Å². The van der Waals surface area contributed by atoms with E-state index in [2.05, 4.69) is 26.2 Å². The standard InChI is InChI=1S/C21H21BrN2O3/c1-15(27-18-10-8-17(22)9-11-18)21(25)24-13-4-14-26-19-7-2-5-16-6-3-12-23-20(16)19/h2-3,5-12,15H,4,13-14H2,1H3,(H,24,25). The number of pyridine rings is 1. The number of hydrogen-bond donors (Lipinski definition) is 1. The highest BCUT2D eigenvalue weighted by atomic mass is 79.9. The van der Waals surface area contributed by atoms with Gasteiger partial charge in [-0.15, -0.1) is 0 Å². The molecule has 0 saturated heterocycles. The first-order valence-corrected chi connectivity index (χ1v) is 9.59. The van der Waals surface area contributed by atoms with Crippen molar-refractivity contribution in [2.45, 2.75) is 19.4 Å². The summed E-state index contributed by atoms with van der Waals surface area (Å²) in [4.78, 5) is 16.5. The molecule has 1 aromatic heterocycles. The third kappa shape index (κ3) is 5.44. The van der Waals surface area contributed by atoms with Gasteiger partial charge in [0.05, 0.1) is 6.61 Å². The number of para-hydroxylation sites is 1. The summed E-state index contributed by atoms with van der Waals surface area (Å²) in [6, 6.07) is 17.1. The maximum Gasteiger partial charge on any atom is 0.260 e. The van der Waals surface area contributed by atoms with E-state index in [1.165, 1.54) is 0 Å². The van der Waals surface area contributed by atoms with Gasteiger partial charge in [0.25, 0.3) is 5.91 Å². The summed E-state index contributed by atoms with van der Waals surface area (Å²) < 4.78 is 12.4. The molecule has 2 aromatic carbocycles. The lowest BCUT2D eigenvalue weighted by Gasteiger charge is -2.15. The van der Waals surface area contributed by atoms with Crippen LogP contribution in [0.5, 0.6) is 11.5 Å². The number of rotatable bonds is 8. The Bertz CT molecular complexity index is 894. The lowest BCUT2D eigenvalue weighted by atomic mass is 10.2. The average molecular weight is 429 g/mol. The maximum atomic E-state index is 12.1. The zero-order chi connectivity index (χ0) is 19.1. The molecule has 1 unspecified atom stereocenters. The van der Waals surface area contributed by atoms with Crippen molar-refractivity contribution in [1.29, 1.82) is 0 Å². The minimum absolute atomic E-state index is 0.148. The van der Waals surface area contributed by atoms with Crippen LogP contribution < -0.4 is 14.8 Å². The van der Waals surface area contributed by atoms with Crippen molar-refractivity contribution in [1.82, 2.24) is 10.3 Å². The summed E-state index contributed by atoms with van der Waals surface area (Å²) in [6.45, 7) is 2.75. The van der Waals surface area contributed by atoms with E-state index in [0.717, 1.165) is 21.1 Å². The predicted octanol–water partition coefficient (Wildman–Crippen LogP) is 4.35. The van der Waals surface area contributed by atoms with Crippen molar-refractivity contribution in [3.05, 3.63) is 65.3 Å². The first kappa shape index (κ1) is 19.2. The number of carbonyl (C=O) groups excluding carboxylic acids is 1. The van der Waals surface area contributed by atoms with Crippen LogP contribution in [-0.2, 0) is 4.79 Å². The highest BCUT2D eigenvalue weighted by Crippen LogP contribution is 2.23. The second kappa shape index (κ2) is 9.37. The van der Waals surface area contributed by atoms with Gasteiger partial charge in [0.1, 0.15) is 17.0 Å². The lowest BCUT2D eigenvalue weighted by Crippen LogP contribution is -2.37. The molecule has 0 aliphatic heterocycles. The summed E-state index contributed by atoms with van der Waals surface area (Å²) in [5, 5.41) is 3.91. The lowest BCUT2D eigenvalue weighted by molar-refractivity contribution is -0.127. The maximum absolute atomic E-state index is 12.1. The topological polar surface area (TPSA) is 60.5 Å². The second-order valence-electron chi connectivity index (χ2n) is 6.04. The molecule has 3 aromatic rings. The van der Waals surface area contributed by atoms with Crippen molar-refractivity contribution in [3.63, 3.8) is 0 Å². The van der Waals surface area contributed by atoms with Gasteiger partial charge in [0.2, 0.25) is 0 Å². The molecule has 0 bridgehead atoms. The Morgan fingerprint density at radius 3 is 2.74 bits per heavy atom. The van der Waals surface area contributed by atoms with Crippen LogP contribution >= 0.6 is 15.9 Å². The third-order valence-electron chi connectivity index (χ3n) is 3.97. The quantitative estimate of drug-likeness (QED) is 0.541. The van der Waals surface area contributed by atoms with Gasteiger partial charge < -0.3 is 14.8 Å². The summed E-state index contributed by atoms with van der Waals surface area (Å²) in [5.74, 6) is 1.27. The molecule has 5 nitrogen and oxygen atoms in total. The Hall–Kier alpha value is -2.60. The molecular weight excluding hydrogens is 408 g/mol. The van der Waals surface area contributed by atoms with E-state index in [1.54, 1.807) is 13.1 Å². The van der Waals surface area contributed by atoms with Crippen molar-refractivity contribution >= 4 is 32.7 Å². The van der Waals surface area contributed by atoms with Gasteiger partial charge in [0.15, 0.2) is 6.10 Å². The average Bonchev–Trinajstić information content (AvgIpc) is 2.69. The van der Waals surface area contributed by atoms with Crippen LogP contribution in [0.1, 0.15) is 13.3 Å². The Labute approximate surface area is 166 Å². The highest BCUT2D eigenvalue weighted by Gasteiger charge is 2.14. The fourth-order valence-corrected chi connectivity index (χ4v) is 2.84. The second-order valence-corrected chi connectivity index (χ2v) is 6.95. The molecule has 0 aliphatic carbocycles. The van der Waals surface area contributed by atoms with Gasteiger partial charge in [-0.1, -0.05) is 34.1 Å². The van der Waals surface area contributed by atoms with E-state index in [1.807, 2.05) is 54.6 Å². The Morgan fingerprint density at radius 1 is 1.15 bits per heavy atom. The molecule has 1 atom stereocenters. The van der Waals surface area contributed by atoms with Crippen molar-refractivity contribution in [3.8, 4) is 11.5 Å². The number of hydrogen-bond acceptors (Lipinski definition) is 4. The Balaban J connectivity index is 1.40. The molecule has 0 spiro atoms. The first-order valence-electron chi connectivity index (χ1n) is 8.80. The molecule has 6 heteroatoms. The van der Waals surface area contributed by atoms with E-state index < -0.39 is 6.10 Å². The van der Waals surface area contributed by atoms with E-state index in [0.29, 0.717) is 25.3 Å². The molecule has 27 heavy (non-hydrogen) atoms. The van der Waals surface area contributed by atoms with Gasteiger partial charge in [-0.05, 0) is 49.7 Å². The molecule has 1 amide bonds. The van der Waals surface area contributed by atoms with Crippen LogP contribution in [0.4, 0.5) is 0 Å². The molecular formula is C21H21BrN2O3. The van der Waals surface area contributed by atoms with Gasteiger partial charge >= 0.3 is 0 Å². The van der Waals surface area contributed by atoms with Crippen LogP contribution in [0.25, 0.3) is 10.9 Å². The molecule has 1 N–H and O–H groups in total. The number of carbonyl (C=O) groups is 1. The van der Waals surface area contributed by atoms with Crippen LogP contribution in [-0.4, -0.2) is 30.1 Å². The van der Waals surface area contributed by atoms with E-state index in [-0.39, 0.29) is 5.91 Å². The first-order chi connectivity index (χ1) is 13.1. The Kier molecular flexibility index (Phi) is 6.65. The molecule has 3 rings (SSSR count). The number of nitrogens with zero attached hydrogens (tertiary/aromatic N) is 1. The van der Waals surface area contributed by atoms with Gasteiger partial charge in [-0.3, -0.25) is 9.78 Å². The molecule has 0 radical (unpaired) electrons. The van der Waals surface area contributed by atoms with Crippen LogP contribution in [0.2, 0.25) is 0 Å². The monoisotopic (exact) mass is 428 g/mol. The van der Waals surface area contributed by atoms with E-state index in [4.69, 9.17) is 9.47 Å². The normalized spacial score (nSPS) is 11.8. The number of nitrogens with one attached hydrogen (secondary N) is 1. The van der Waals surface area contributed by atoms with E-state index >= 15 is 0 Å². The van der Waals surface area contributed by atoms with Crippen LogP contribution in [0.3, 0.4) is 0 Å². The smallest absolute Gasteiger partial charge is 0.260 e. The summed E-state index contributed by atoms with van der Waals surface area (Å²) in [7, 11) is 0. The minimum Gasteiger partial charge on any atom is -0.491 e. The number of amides is 1. The van der Waals surface area contributed by atoms with Crippen LogP contribution in [0, 0.1) is 0 Å². The number of benzene rings is 2. The van der Waals surface area contributed by atoms with Crippen molar-refractivity contribution in [2.75, 3.05) is 13.2 Å². The highest BCUT2D eigenvalue weighted by molar-refractivity contribution is 9.10. The number of ether oxygens (including phenoxy) is 2. The summed E-state index contributed by atoms with van der Waals surface area (Å²) >= 11 is 3.37. The van der Waals surface area contributed by atoms with Gasteiger partial charge in [-0.2, -0.15) is 0 Å². The van der Waals surface area contributed by atoms with E-state index in [9.17, 15) is 4.79 Å². The van der Waals surface area contributed by atoms with Crippen molar-refractivity contribution < 1.29 is 14.3 Å². The number of fused-ring (bicyclic) bond motifs is 1. The Morgan fingerprint density at radius 2 is 1.93 bits per heavy atom. The zero-order valence-electron chi connectivity index (χ0n) is 15.0. The molecule has 140 valence electrons. The molecule has 0 saturated carbocycles. The fraction of sp³-hybridized carbons (Fsp3) is 0.238. The number of halogens is 1. The van der Waals surface area contributed by atoms with Gasteiger partial charge in [-0.25, -0.2) is 0 Å². The SMILES string of the molecule is CC(Oc1ccc(Br)cc1)C(=O)NCCCOc1cccc2cccnc12. The largest absolute Gasteiger partial charge is 0.491 e. The number of aromatic nitrogens is 1. The summed E-state index contributed by atoms with van der Waals surface area (Å²) in [6.07, 6.45) is 1.89.